The molecule has 0 bridgehead atoms. The van der Waals surface area contributed by atoms with Crippen molar-refractivity contribution in [3.8, 4) is 5.75 Å². The average Bonchev–Trinajstić information content (AvgIpc) is 3.16. The molecule has 0 unspecified atom stereocenters. The van der Waals surface area contributed by atoms with Crippen LogP contribution in [0.1, 0.15) is 29.9 Å². The van der Waals surface area contributed by atoms with E-state index >= 15 is 0 Å². The molecule has 33 heavy (non-hydrogen) atoms. The zero-order valence-electron chi connectivity index (χ0n) is 19.5. The normalized spacial score (nSPS) is 19.1. The number of piperazine rings is 1. The molecule has 1 amide bonds. The summed E-state index contributed by atoms with van der Waals surface area (Å²) in [6.45, 7) is 8.36. The second kappa shape index (κ2) is 9.82. The van der Waals surface area contributed by atoms with Crippen LogP contribution in [-0.2, 0) is 21.4 Å². The van der Waals surface area contributed by atoms with Crippen molar-refractivity contribution >= 4 is 15.9 Å². The van der Waals surface area contributed by atoms with Gasteiger partial charge in [-0.3, -0.25) is 9.69 Å². The molecule has 2 aromatic rings. The van der Waals surface area contributed by atoms with Gasteiger partial charge >= 0.3 is 0 Å². The number of benzene rings is 1. The van der Waals surface area contributed by atoms with E-state index in [2.05, 4.69) is 10.1 Å². The molecule has 180 valence electrons. The van der Waals surface area contributed by atoms with Crippen molar-refractivity contribution in [2.45, 2.75) is 38.1 Å². The number of methoxy groups -OCH3 is 1. The molecule has 2 aliphatic heterocycles. The summed E-state index contributed by atoms with van der Waals surface area (Å²) < 4.78 is 37.8. The highest BCUT2D eigenvalue weighted by atomic mass is 32.2. The fourth-order valence-electron chi connectivity index (χ4n) is 4.58. The van der Waals surface area contributed by atoms with Gasteiger partial charge in [0.05, 0.1) is 17.7 Å². The molecule has 1 aromatic carbocycles. The van der Waals surface area contributed by atoms with Crippen LogP contribution in [0.25, 0.3) is 0 Å². The third-order valence-electron chi connectivity index (χ3n) is 6.75. The van der Waals surface area contributed by atoms with Crippen LogP contribution >= 0.6 is 0 Å². The van der Waals surface area contributed by atoms with Crippen LogP contribution in [0, 0.1) is 19.8 Å². The fourth-order valence-corrected chi connectivity index (χ4v) is 6.05. The van der Waals surface area contributed by atoms with E-state index in [0.29, 0.717) is 44.8 Å². The number of carbonyl (C=O) groups excluding carboxylic acids is 1. The van der Waals surface area contributed by atoms with E-state index in [4.69, 9.17) is 9.26 Å². The Morgan fingerprint density at radius 1 is 1.06 bits per heavy atom. The molecule has 10 heteroatoms. The summed E-state index contributed by atoms with van der Waals surface area (Å²) in [4.78, 5) is 17.6. The number of amides is 1. The summed E-state index contributed by atoms with van der Waals surface area (Å²) in [5, 5.41) is 4.02. The molecule has 0 saturated carbocycles. The number of aromatic nitrogens is 1. The van der Waals surface area contributed by atoms with Crippen LogP contribution < -0.4 is 4.74 Å². The van der Waals surface area contributed by atoms with Crippen LogP contribution in [0.4, 0.5) is 0 Å². The van der Waals surface area contributed by atoms with Gasteiger partial charge in [0, 0.05) is 57.3 Å². The van der Waals surface area contributed by atoms with Gasteiger partial charge in [0.15, 0.2) is 0 Å². The molecular formula is C23H32N4O5S. The van der Waals surface area contributed by atoms with Gasteiger partial charge in [-0.25, -0.2) is 8.42 Å². The third-order valence-corrected chi connectivity index (χ3v) is 8.66. The minimum Gasteiger partial charge on any atom is -0.497 e. The minimum absolute atomic E-state index is 0.124. The number of carbonyl (C=O) groups is 1. The fraction of sp³-hybridized carbons (Fsp3) is 0.565. The first-order valence-corrected chi connectivity index (χ1v) is 12.8. The van der Waals surface area contributed by atoms with E-state index in [1.54, 1.807) is 31.4 Å². The lowest BCUT2D eigenvalue weighted by molar-refractivity contribution is -0.138. The number of sulfonamides is 1. The van der Waals surface area contributed by atoms with Crippen molar-refractivity contribution in [3.05, 3.63) is 41.3 Å². The second-order valence-corrected chi connectivity index (χ2v) is 10.7. The first-order chi connectivity index (χ1) is 15.8. The topological polar surface area (TPSA) is 96.2 Å². The van der Waals surface area contributed by atoms with Gasteiger partial charge in [-0.05, 0) is 51.0 Å². The largest absolute Gasteiger partial charge is 0.497 e. The maximum atomic E-state index is 13.1. The van der Waals surface area contributed by atoms with E-state index < -0.39 is 10.0 Å². The highest BCUT2D eigenvalue weighted by molar-refractivity contribution is 7.89. The van der Waals surface area contributed by atoms with Crippen LogP contribution in [0.5, 0.6) is 5.75 Å². The molecular weight excluding hydrogens is 444 g/mol. The van der Waals surface area contributed by atoms with Crippen molar-refractivity contribution < 1.29 is 22.5 Å². The van der Waals surface area contributed by atoms with Gasteiger partial charge in [-0.15, -0.1) is 0 Å². The van der Waals surface area contributed by atoms with Crippen molar-refractivity contribution in [2.75, 3.05) is 46.4 Å². The number of piperidine rings is 1. The standard InChI is InChI=1S/C23H32N4O5S/c1-17-22(18(2)32-24-17)16-25-12-14-26(15-13-25)23(28)19-8-10-27(11-9-19)33(29,30)21-6-4-20(31-3)5-7-21/h4-7,19H,8-16H2,1-3H3. The lowest BCUT2D eigenvalue weighted by atomic mass is 9.96. The quantitative estimate of drug-likeness (QED) is 0.630. The maximum Gasteiger partial charge on any atom is 0.243 e. The van der Waals surface area contributed by atoms with E-state index in [-0.39, 0.29) is 16.7 Å². The van der Waals surface area contributed by atoms with Gasteiger partial charge in [0.2, 0.25) is 15.9 Å². The predicted octanol–water partition coefficient (Wildman–Crippen LogP) is 2.05. The van der Waals surface area contributed by atoms with Gasteiger partial charge < -0.3 is 14.2 Å². The number of ether oxygens (including phenoxy) is 1. The maximum absolute atomic E-state index is 13.1. The highest BCUT2D eigenvalue weighted by Gasteiger charge is 2.34. The Balaban J connectivity index is 1.28. The lowest BCUT2D eigenvalue weighted by Gasteiger charge is -2.38. The Morgan fingerprint density at radius 3 is 2.24 bits per heavy atom. The van der Waals surface area contributed by atoms with Crippen LogP contribution in [0.15, 0.2) is 33.7 Å². The van der Waals surface area contributed by atoms with Crippen molar-refractivity contribution in [1.82, 2.24) is 19.3 Å². The van der Waals surface area contributed by atoms with Crippen LogP contribution in [0.2, 0.25) is 0 Å². The first-order valence-electron chi connectivity index (χ1n) is 11.4. The molecule has 9 nitrogen and oxygen atoms in total. The Labute approximate surface area is 195 Å². The second-order valence-electron chi connectivity index (χ2n) is 8.76. The van der Waals surface area contributed by atoms with E-state index in [9.17, 15) is 13.2 Å². The summed E-state index contributed by atoms with van der Waals surface area (Å²) in [5.41, 5.74) is 2.04. The van der Waals surface area contributed by atoms with Crippen molar-refractivity contribution in [2.24, 2.45) is 5.92 Å². The Kier molecular flexibility index (Phi) is 7.06. The molecule has 0 atom stereocenters. The number of hydrogen-bond acceptors (Lipinski definition) is 7. The van der Waals surface area contributed by atoms with E-state index in [0.717, 1.165) is 36.7 Å². The first kappa shape index (κ1) is 23.7. The van der Waals surface area contributed by atoms with Gasteiger partial charge in [0.25, 0.3) is 0 Å². The Morgan fingerprint density at radius 2 is 1.70 bits per heavy atom. The molecule has 3 heterocycles. The molecule has 1 aromatic heterocycles. The monoisotopic (exact) mass is 476 g/mol. The number of nitrogens with zero attached hydrogens (tertiary/aromatic N) is 4. The number of rotatable bonds is 6. The molecule has 0 aliphatic carbocycles. The van der Waals surface area contributed by atoms with Gasteiger partial charge in [-0.2, -0.15) is 4.31 Å². The van der Waals surface area contributed by atoms with Gasteiger partial charge in [0.1, 0.15) is 11.5 Å². The van der Waals surface area contributed by atoms with Crippen molar-refractivity contribution in [1.29, 1.82) is 0 Å². The molecule has 2 fully saturated rings. The molecule has 2 saturated heterocycles. The smallest absolute Gasteiger partial charge is 0.243 e. The number of aryl methyl sites for hydroxylation is 2. The summed E-state index contributed by atoms with van der Waals surface area (Å²) in [6, 6.07) is 6.42. The SMILES string of the molecule is COc1ccc(S(=O)(=O)N2CCC(C(=O)N3CCN(Cc4c(C)noc4C)CC3)CC2)cc1. The molecule has 2 aliphatic rings. The Bertz CT molecular complexity index is 1050. The lowest BCUT2D eigenvalue weighted by Crippen LogP contribution is -2.51. The highest BCUT2D eigenvalue weighted by Crippen LogP contribution is 2.27. The minimum atomic E-state index is -3.57. The molecule has 0 radical (unpaired) electrons. The summed E-state index contributed by atoms with van der Waals surface area (Å²) in [5.74, 6) is 1.49. The molecule has 4 rings (SSSR count). The van der Waals surface area contributed by atoms with Crippen LogP contribution in [0.3, 0.4) is 0 Å². The molecule has 0 spiro atoms. The summed E-state index contributed by atoms with van der Waals surface area (Å²) >= 11 is 0. The Hall–Kier alpha value is -2.43. The zero-order chi connectivity index (χ0) is 23.6. The van der Waals surface area contributed by atoms with E-state index in [1.807, 2.05) is 18.7 Å². The van der Waals surface area contributed by atoms with Gasteiger partial charge in [-0.1, -0.05) is 5.16 Å². The molecule has 0 N–H and O–H groups in total. The van der Waals surface area contributed by atoms with Crippen molar-refractivity contribution in [3.63, 3.8) is 0 Å². The number of hydrogen-bond donors (Lipinski definition) is 0. The summed E-state index contributed by atoms with van der Waals surface area (Å²) in [6.07, 6.45) is 1.10. The third kappa shape index (κ3) is 5.07. The predicted molar refractivity (Wildman–Crippen MR) is 122 cm³/mol. The van der Waals surface area contributed by atoms with E-state index in [1.165, 1.54) is 4.31 Å². The van der Waals surface area contributed by atoms with Crippen LogP contribution in [-0.4, -0.2) is 80.0 Å². The summed E-state index contributed by atoms with van der Waals surface area (Å²) in [7, 11) is -2.02. The average molecular weight is 477 g/mol. The zero-order valence-corrected chi connectivity index (χ0v) is 20.3.